The van der Waals surface area contributed by atoms with Crippen molar-refractivity contribution in [3.05, 3.63) is 100 Å². The van der Waals surface area contributed by atoms with Crippen molar-refractivity contribution in [3.63, 3.8) is 0 Å². The van der Waals surface area contributed by atoms with Gasteiger partial charge in [0.1, 0.15) is 0 Å². The highest BCUT2D eigenvalue weighted by Gasteiger charge is 2.33. The molecule has 0 fully saturated rings. The van der Waals surface area contributed by atoms with Crippen LogP contribution >= 0.6 is 0 Å². The second-order valence-corrected chi connectivity index (χ2v) is 6.46. The van der Waals surface area contributed by atoms with Crippen molar-refractivity contribution in [1.82, 2.24) is 0 Å². The Bertz CT molecular complexity index is 1180. The molecule has 1 aliphatic carbocycles. The molecule has 3 aromatic carbocycles. The fourth-order valence-corrected chi connectivity index (χ4v) is 3.28. The summed E-state index contributed by atoms with van der Waals surface area (Å²) in [5, 5.41) is 2.47. The van der Waals surface area contributed by atoms with Crippen LogP contribution in [0.1, 0.15) is 47.8 Å². The molecule has 1 N–H and O–H groups in total. The van der Waals surface area contributed by atoms with E-state index >= 15 is 0 Å². The van der Waals surface area contributed by atoms with Crippen molar-refractivity contribution < 1.29 is 27.6 Å². The molecule has 0 heterocycles. The lowest BCUT2D eigenvalue weighted by molar-refractivity contribution is -0.137. The largest absolute Gasteiger partial charge is 0.416 e. The van der Waals surface area contributed by atoms with E-state index < -0.39 is 23.4 Å². The number of hydrogen-bond donors (Lipinski definition) is 1. The number of alkyl halides is 3. The number of benzene rings is 3. The van der Waals surface area contributed by atoms with Gasteiger partial charge < -0.3 is 5.32 Å². The van der Waals surface area contributed by atoms with Gasteiger partial charge in [0.2, 0.25) is 0 Å². The molecular weight excluding hydrogens is 383 g/mol. The number of rotatable bonds is 2. The lowest BCUT2D eigenvalue weighted by Gasteiger charge is -2.20. The Morgan fingerprint density at radius 1 is 0.759 bits per heavy atom. The third-order valence-corrected chi connectivity index (χ3v) is 4.65. The molecule has 0 radical (unpaired) electrons. The second kappa shape index (κ2) is 6.70. The maximum Gasteiger partial charge on any atom is 0.416 e. The van der Waals surface area contributed by atoms with Crippen LogP contribution in [0.2, 0.25) is 0 Å². The van der Waals surface area contributed by atoms with Gasteiger partial charge in [0, 0.05) is 22.3 Å². The van der Waals surface area contributed by atoms with E-state index in [2.05, 4.69) is 5.32 Å². The maximum absolute atomic E-state index is 12.9. The number of fused-ring (bicyclic) bond motifs is 2. The summed E-state index contributed by atoms with van der Waals surface area (Å²) < 4.78 is 38.7. The van der Waals surface area contributed by atoms with Crippen LogP contribution in [0.5, 0.6) is 0 Å². The van der Waals surface area contributed by atoms with Crippen LogP contribution in [0.3, 0.4) is 0 Å². The Morgan fingerprint density at radius 2 is 1.38 bits per heavy atom. The summed E-state index contributed by atoms with van der Waals surface area (Å²) in [5.74, 6) is -1.61. The van der Waals surface area contributed by atoms with Crippen LogP contribution < -0.4 is 5.32 Å². The number of amides is 1. The fraction of sp³-hybridized carbons (Fsp3) is 0.0455. The number of nitrogens with one attached hydrogen (secondary N) is 1. The molecule has 1 amide bonds. The van der Waals surface area contributed by atoms with E-state index in [0.29, 0.717) is 0 Å². The van der Waals surface area contributed by atoms with Gasteiger partial charge in [-0.1, -0.05) is 42.5 Å². The lowest BCUT2D eigenvalue weighted by atomic mass is 9.83. The van der Waals surface area contributed by atoms with Crippen LogP contribution in [0, 0.1) is 0 Å². The molecule has 7 heteroatoms. The quantitative estimate of drug-likeness (QED) is 0.534. The number of hydrogen-bond acceptors (Lipinski definition) is 3. The molecule has 0 atom stereocenters. The molecule has 1 aliphatic rings. The summed E-state index contributed by atoms with van der Waals surface area (Å²) in [5.41, 5.74) is -0.463. The van der Waals surface area contributed by atoms with Crippen molar-refractivity contribution >= 4 is 23.2 Å². The topological polar surface area (TPSA) is 63.2 Å². The minimum atomic E-state index is -4.59. The van der Waals surface area contributed by atoms with Gasteiger partial charge in [-0.25, -0.2) is 0 Å². The monoisotopic (exact) mass is 395 g/mol. The van der Waals surface area contributed by atoms with Gasteiger partial charge in [0.25, 0.3) is 5.91 Å². The molecule has 0 saturated carbocycles. The first kappa shape index (κ1) is 18.6. The van der Waals surface area contributed by atoms with E-state index in [0.717, 1.165) is 18.2 Å². The average molecular weight is 395 g/mol. The first-order chi connectivity index (χ1) is 13.8. The zero-order valence-corrected chi connectivity index (χ0v) is 14.7. The Kier molecular flexibility index (Phi) is 4.30. The maximum atomic E-state index is 12.9. The van der Waals surface area contributed by atoms with Crippen molar-refractivity contribution in [2.75, 3.05) is 5.32 Å². The van der Waals surface area contributed by atoms with Gasteiger partial charge in [-0.15, -0.1) is 0 Å². The highest BCUT2D eigenvalue weighted by Crippen LogP contribution is 2.33. The molecule has 29 heavy (non-hydrogen) atoms. The van der Waals surface area contributed by atoms with Crippen LogP contribution in [0.25, 0.3) is 0 Å². The normalized spacial score (nSPS) is 12.9. The van der Waals surface area contributed by atoms with Crippen molar-refractivity contribution in [3.8, 4) is 0 Å². The molecule has 0 bridgehead atoms. The van der Waals surface area contributed by atoms with Gasteiger partial charge in [-0.3, -0.25) is 14.4 Å². The molecular formula is C22H12F3NO3. The first-order valence-corrected chi connectivity index (χ1v) is 8.57. The number of carbonyl (C=O) groups excluding carboxylic acids is 3. The molecule has 0 saturated heterocycles. The Labute approximate surface area is 163 Å². The molecule has 4 rings (SSSR count). The molecule has 3 aromatic rings. The third-order valence-electron chi connectivity index (χ3n) is 4.65. The molecule has 144 valence electrons. The average Bonchev–Trinajstić information content (AvgIpc) is 2.71. The van der Waals surface area contributed by atoms with Gasteiger partial charge in [0.15, 0.2) is 11.6 Å². The summed E-state index contributed by atoms with van der Waals surface area (Å²) >= 11 is 0. The fourth-order valence-electron chi connectivity index (χ4n) is 3.28. The van der Waals surface area contributed by atoms with Crippen molar-refractivity contribution in [2.24, 2.45) is 0 Å². The number of anilines is 1. The SMILES string of the molecule is O=C(Nc1cccc2c1C(=O)c1ccccc1C2=O)c1cccc(C(F)(F)F)c1. The first-order valence-electron chi connectivity index (χ1n) is 8.57. The number of carbonyl (C=O) groups is 3. The van der Waals surface area contributed by atoms with E-state index in [-0.39, 0.29) is 39.3 Å². The van der Waals surface area contributed by atoms with E-state index in [9.17, 15) is 27.6 Å². The highest BCUT2D eigenvalue weighted by molar-refractivity contribution is 6.30. The summed E-state index contributed by atoms with van der Waals surface area (Å²) in [6.45, 7) is 0. The number of halogens is 3. The van der Waals surface area contributed by atoms with Crippen LogP contribution in [-0.4, -0.2) is 17.5 Å². The van der Waals surface area contributed by atoms with Gasteiger partial charge in [-0.2, -0.15) is 13.2 Å². The van der Waals surface area contributed by atoms with Crippen molar-refractivity contribution in [1.29, 1.82) is 0 Å². The van der Waals surface area contributed by atoms with Crippen LogP contribution in [0.4, 0.5) is 18.9 Å². The van der Waals surface area contributed by atoms with E-state index in [1.807, 2.05) is 0 Å². The van der Waals surface area contributed by atoms with Crippen LogP contribution in [0.15, 0.2) is 66.7 Å². The van der Waals surface area contributed by atoms with Gasteiger partial charge >= 0.3 is 6.18 Å². The van der Waals surface area contributed by atoms with Crippen LogP contribution in [-0.2, 0) is 6.18 Å². The zero-order chi connectivity index (χ0) is 20.8. The van der Waals surface area contributed by atoms with E-state index in [1.54, 1.807) is 18.2 Å². The number of ketones is 2. The highest BCUT2D eigenvalue weighted by atomic mass is 19.4. The Balaban J connectivity index is 1.73. The molecule has 4 nitrogen and oxygen atoms in total. The summed E-state index contributed by atoms with van der Waals surface area (Å²) in [6, 6.07) is 14.7. The molecule has 0 aromatic heterocycles. The second-order valence-electron chi connectivity index (χ2n) is 6.46. The van der Waals surface area contributed by atoms with E-state index in [4.69, 9.17) is 0 Å². The zero-order valence-electron chi connectivity index (χ0n) is 14.7. The minimum Gasteiger partial charge on any atom is -0.321 e. The molecule has 0 aliphatic heterocycles. The molecule has 0 unspecified atom stereocenters. The van der Waals surface area contributed by atoms with Gasteiger partial charge in [-0.05, 0) is 24.3 Å². The predicted molar refractivity (Wildman–Crippen MR) is 99.1 cm³/mol. The smallest absolute Gasteiger partial charge is 0.321 e. The lowest BCUT2D eigenvalue weighted by Crippen LogP contribution is -2.24. The third kappa shape index (κ3) is 3.20. The Morgan fingerprint density at radius 3 is 2.07 bits per heavy atom. The molecule has 0 spiro atoms. The summed E-state index contributed by atoms with van der Waals surface area (Å²) in [4.78, 5) is 38.2. The summed E-state index contributed by atoms with van der Waals surface area (Å²) in [6.07, 6.45) is -4.59. The standard InChI is InChI=1S/C22H12F3NO3/c23-22(24,25)13-6-3-5-12(11-13)21(29)26-17-10-4-9-16-18(17)20(28)15-8-2-1-7-14(15)19(16)27/h1-11H,(H,26,29). The minimum absolute atomic E-state index is 0.0246. The Hall–Kier alpha value is -3.74. The van der Waals surface area contributed by atoms with E-state index in [1.165, 1.54) is 30.3 Å². The summed E-state index contributed by atoms with van der Waals surface area (Å²) in [7, 11) is 0. The van der Waals surface area contributed by atoms with Crippen molar-refractivity contribution in [2.45, 2.75) is 6.18 Å². The van der Waals surface area contributed by atoms with Gasteiger partial charge in [0.05, 0.1) is 16.8 Å². The predicted octanol–water partition coefficient (Wildman–Crippen LogP) is 4.73.